The largest absolute Gasteiger partial charge is 0.495 e. The fourth-order valence-corrected chi connectivity index (χ4v) is 4.29. The number of allylic oxidation sites excluding steroid dienone is 4. The minimum absolute atomic E-state index is 0.169. The third kappa shape index (κ3) is 4.32. The Balaban J connectivity index is 1.73. The number of fused-ring (bicyclic) bond motifs is 1. The number of nitrogens with one attached hydrogen (secondary N) is 1. The molecule has 1 aromatic carbocycles. The number of nitrogens with zero attached hydrogens (tertiary/aromatic N) is 2. The third-order valence-electron chi connectivity index (χ3n) is 6.01. The van der Waals surface area contributed by atoms with Crippen molar-refractivity contribution in [1.82, 2.24) is 15.1 Å². The second-order valence-corrected chi connectivity index (χ2v) is 8.08. The van der Waals surface area contributed by atoms with Crippen molar-refractivity contribution in [2.45, 2.75) is 19.5 Å². The van der Waals surface area contributed by atoms with Crippen LogP contribution in [0.15, 0.2) is 60.1 Å². The van der Waals surface area contributed by atoms with E-state index in [2.05, 4.69) is 10.2 Å². The molecule has 32 heavy (non-hydrogen) atoms. The van der Waals surface area contributed by atoms with Crippen LogP contribution < -0.4 is 10.1 Å². The molecule has 1 unspecified atom stereocenters. The van der Waals surface area contributed by atoms with Gasteiger partial charge < -0.3 is 15.0 Å². The monoisotopic (exact) mass is 445 g/mol. The predicted molar refractivity (Wildman–Crippen MR) is 116 cm³/mol. The maximum absolute atomic E-state index is 13.5. The Hall–Kier alpha value is -3.00. The zero-order valence-electron chi connectivity index (χ0n) is 18.1. The van der Waals surface area contributed by atoms with Gasteiger partial charge >= 0.3 is 6.18 Å². The molecule has 1 saturated heterocycles. The lowest BCUT2D eigenvalue weighted by atomic mass is 9.87. The third-order valence-corrected chi connectivity index (χ3v) is 6.01. The lowest BCUT2D eigenvalue weighted by Gasteiger charge is -2.34. The van der Waals surface area contributed by atoms with Gasteiger partial charge in [-0.3, -0.25) is 9.69 Å². The van der Waals surface area contributed by atoms with Crippen LogP contribution in [0.3, 0.4) is 0 Å². The van der Waals surface area contributed by atoms with Gasteiger partial charge in [-0.15, -0.1) is 0 Å². The molecule has 3 aliphatic rings. The fraction of sp³-hybridized carbons (Fsp3) is 0.375. The predicted octanol–water partition coefficient (Wildman–Crippen LogP) is 4.17. The molecule has 3 heterocycles. The molecule has 0 aromatic heterocycles. The van der Waals surface area contributed by atoms with Gasteiger partial charge in [-0.25, -0.2) is 0 Å². The lowest BCUT2D eigenvalue weighted by molar-refractivity contribution is -0.138. The van der Waals surface area contributed by atoms with Gasteiger partial charge in [0.15, 0.2) is 0 Å². The highest BCUT2D eigenvalue weighted by molar-refractivity contribution is 5.98. The molecule has 170 valence electrons. The Morgan fingerprint density at radius 1 is 1.12 bits per heavy atom. The molecule has 8 heteroatoms. The van der Waals surface area contributed by atoms with Crippen molar-refractivity contribution >= 4 is 11.5 Å². The van der Waals surface area contributed by atoms with Crippen molar-refractivity contribution < 1.29 is 22.7 Å². The van der Waals surface area contributed by atoms with Crippen LogP contribution in [0.4, 0.5) is 13.2 Å². The van der Waals surface area contributed by atoms with Crippen molar-refractivity contribution in [3.8, 4) is 5.75 Å². The molecule has 0 aliphatic carbocycles. The molecule has 1 atom stereocenters. The number of para-hydroxylation sites is 1. The molecular formula is C24H26F3N3O2. The van der Waals surface area contributed by atoms with Gasteiger partial charge in [-0.05, 0) is 36.1 Å². The molecule has 0 saturated carbocycles. The number of hydrogen-bond donors (Lipinski definition) is 1. The van der Waals surface area contributed by atoms with Crippen LogP contribution >= 0.6 is 0 Å². The molecule has 0 bridgehead atoms. The summed E-state index contributed by atoms with van der Waals surface area (Å²) in [6.45, 7) is 5.34. The van der Waals surface area contributed by atoms with E-state index in [0.29, 0.717) is 17.6 Å². The summed E-state index contributed by atoms with van der Waals surface area (Å²) in [7, 11) is 1.22. The standard InChI is InChI=1S/C24H26F3N3O2/c1-16-6-7-17-8-9-18(29-12-10-28-11-13-29)15-30(17)22(31)14-20(16)19-4-3-5-21(23(19)32-2)24(25,26)27/h3-5,7-9,14-16,28H,6,10-13H2,1-2H3. The van der Waals surface area contributed by atoms with E-state index in [4.69, 9.17) is 4.74 Å². The fourth-order valence-electron chi connectivity index (χ4n) is 4.29. The zero-order valence-corrected chi connectivity index (χ0v) is 18.1. The summed E-state index contributed by atoms with van der Waals surface area (Å²) in [5.74, 6) is -0.724. The van der Waals surface area contributed by atoms with Gasteiger partial charge in [-0.2, -0.15) is 13.2 Å². The highest BCUT2D eigenvalue weighted by Crippen LogP contribution is 2.43. The molecule has 1 N–H and O–H groups in total. The number of halogens is 3. The number of carbonyl (C=O) groups is 1. The van der Waals surface area contributed by atoms with E-state index in [1.165, 1.54) is 19.3 Å². The number of alkyl halides is 3. The number of methoxy groups -OCH3 is 1. The lowest BCUT2D eigenvalue weighted by Crippen LogP contribution is -2.43. The van der Waals surface area contributed by atoms with E-state index in [1.54, 1.807) is 11.0 Å². The number of benzene rings is 1. The van der Waals surface area contributed by atoms with Crippen LogP contribution in [0.25, 0.3) is 5.57 Å². The molecule has 4 rings (SSSR count). The number of amides is 1. The van der Waals surface area contributed by atoms with Gasteiger partial charge in [0, 0.05) is 49.7 Å². The molecule has 3 aliphatic heterocycles. The number of carbonyl (C=O) groups excluding carboxylic acids is 1. The minimum Gasteiger partial charge on any atom is -0.495 e. The molecule has 0 radical (unpaired) electrons. The zero-order chi connectivity index (χ0) is 22.9. The van der Waals surface area contributed by atoms with E-state index >= 15 is 0 Å². The van der Waals surface area contributed by atoms with E-state index in [0.717, 1.165) is 43.6 Å². The molecule has 5 nitrogen and oxygen atoms in total. The Morgan fingerprint density at radius 3 is 2.53 bits per heavy atom. The van der Waals surface area contributed by atoms with E-state index in [9.17, 15) is 18.0 Å². The first-order chi connectivity index (χ1) is 15.3. The van der Waals surface area contributed by atoms with E-state index in [-0.39, 0.29) is 17.6 Å². The molecular weight excluding hydrogens is 419 g/mol. The first kappa shape index (κ1) is 22.2. The Morgan fingerprint density at radius 2 is 1.84 bits per heavy atom. The maximum Gasteiger partial charge on any atom is 0.419 e. The van der Waals surface area contributed by atoms with Gasteiger partial charge in [0.1, 0.15) is 5.75 Å². The SMILES string of the molecule is COc1c(C2=CC(=O)N3C=C(N4CCNCC4)C=CC3=CCC2C)cccc1C(F)(F)F. The van der Waals surface area contributed by atoms with Gasteiger partial charge in [0.2, 0.25) is 0 Å². The number of ether oxygens (including phenoxy) is 1. The Kier molecular flexibility index (Phi) is 6.15. The van der Waals surface area contributed by atoms with E-state index < -0.39 is 11.7 Å². The quantitative estimate of drug-likeness (QED) is 0.759. The van der Waals surface area contributed by atoms with Crippen molar-refractivity contribution in [2.75, 3.05) is 33.3 Å². The highest BCUT2D eigenvalue weighted by Gasteiger charge is 2.36. The van der Waals surface area contributed by atoms with Gasteiger partial charge in [0.05, 0.1) is 18.4 Å². The first-order valence-electron chi connectivity index (χ1n) is 10.6. The summed E-state index contributed by atoms with van der Waals surface area (Å²) in [4.78, 5) is 17.1. The number of piperazine rings is 1. The summed E-state index contributed by atoms with van der Waals surface area (Å²) in [5, 5.41) is 3.31. The molecule has 1 amide bonds. The van der Waals surface area contributed by atoms with Crippen LogP contribution in [0.5, 0.6) is 5.75 Å². The topological polar surface area (TPSA) is 44.8 Å². The summed E-state index contributed by atoms with van der Waals surface area (Å²) in [6.07, 6.45) is 5.16. The summed E-state index contributed by atoms with van der Waals surface area (Å²) < 4.78 is 45.8. The van der Waals surface area contributed by atoms with E-state index in [1.807, 2.05) is 31.4 Å². The normalized spacial score (nSPS) is 21.8. The van der Waals surface area contributed by atoms with Crippen molar-refractivity contribution in [1.29, 1.82) is 0 Å². The van der Waals surface area contributed by atoms with Crippen LogP contribution in [-0.2, 0) is 11.0 Å². The number of hydrogen-bond acceptors (Lipinski definition) is 4. The first-order valence-corrected chi connectivity index (χ1v) is 10.6. The summed E-state index contributed by atoms with van der Waals surface area (Å²) in [6, 6.07) is 3.92. The summed E-state index contributed by atoms with van der Waals surface area (Å²) >= 11 is 0. The van der Waals surface area contributed by atoms with Crippen LogP contribution in [0, 0.1) is 5.92 Å². The Labute approximate surface area is 185 Å². The molecule has 0 spiro atoms. The average molecular weight is 445 g/mol. The second-order valence-electron chi connectivity index (χ2n) is 8.08. The number of rotatable bonds is 3. The smallest absolute Gasteiger partial charge is 0.419 e. The molecule has 1 fully saturated rings. The summed E-state index contributed by atoms with van der Waals surface area (Å²) in [5.41, 5.74) is 1.68. The maximum atomic E-state index is 13.5. The van der Waals surface area contributed by atoms with Crippen LogP contribution in [0.1, 0.15) is 24.5 Å². The van der Waals surface area contributed by atoms with Crippen molar-refractivity contribution in [3.63, 3.8) is 0 Å². The highest BCUT2D eigenvalue weighted by atomic mass is 19.4. The average Bonchev–Trinajstić information content (AvgIpc) is 2.79. The van der Waals surface area contributed by atoms with Crippen molar-refractivity contribution in [3.05, 3.63) is 71.2 Å². The van der Waals surface area contributed by atoms with Crippen LogP contribution in [0.2, 0.25) is 0 Å². The minimum atomic E-state index is -4.55. The van der Waals surface area contributed by atoms with Gasteiger partial charge in [-0.1, -0.05) is 25.1 Å². The molecule has 1 aromatic rings. The Bertz CT molecular complexity index is 1020. The van der Waals surface area contributed by atoms with Gasteiger partial charge in [0.25, 0.3) is 5.91 Å². The second kappa shape index (κ2) is 8.86. The van der Waals surface area contributed by atoms with Crippen molar-refractivity contribution in [2.24, 2.45) is 5.92 Å². The van der Waals surface area contributed by atoms with Crippen LogP contribution in [-0.4, -0.2) is 49.0 Å².